The summed E-state index contributed by atoms with van der Waals surface area (Å²) in [5.41, 5.74) is 12.1. The van der Waals surface area contributed by atoms with Gasteiger partial charge in [0.05, 0.1) is 5.70 Å². The summed E-state index contributed by atoms with van der Waals surface area (Å²) in [5.74, 6) is -0.624. The molecular formula is C11H11N5O. The van der Waals surface area contributed by atoms with Gasteiger partial charge in [0.25, 0.3) is 5.91 Å². The molecule has 0 spiro atoms. The highest BCUT2D eigenvalue weighted by atomic mass is 16.1. The molecule has 6 heteroatoms. The lowest BCUT2D eigenvalue weighted by atomic mass is 10.2. The van der Waals surface area contributed by atoms with Crippen LogP contribution < -0.4 is 11.5 Å². The van der Waals surface area contributed by atoms with Gasteiger partial charge in [-0.3, -0.25) is 4.79 Å². The van der Waals surface area contributed by atoms with E-state index < -0.39 is 5.91 Å². The zero-order valence-electron chi connectivity index (χ0n) is 9.00. The summed E-state index contributed by atoms with van der Waals surface area (Å²) in [5, 5.41) is 7.37. The lowest BCUT2D eigenvalue weighted by molar-refractivity contribution is 0.0996. The minimum Gasteiger partial charge on any atom is -0.382 e. The van der Waals surface area contributed by atoms with Crippen LogP contribution in [0.4, 0.5) is 5.82 Å². The number of nitrogen functional groups attached to an aromatic ring is 1. The Morgan fingerprint density at radius 2 is 1.94 bits per heavy atom. The Hall–Kier alpha value is -2.63. The number of amides is 1. The average Bonchev–Trinajstić information content (AvgIpc) is 2.71. The van der Waals surface area contributed by atoms with E-state index in [1.54, 1.807) is 0 Å². The van der Waals surface area contributed by atoms with E-state index in [4.69, 9.17) is 11.5 Å². The number of anilines is 1. The van der Waals surface area contributed by atoms with Gasteiger partial charge in [-0.1, -0.05) is 42.1 Å². The van der Waals surface area contributed by atoms with Crippen LogP contribution in [-0.4, -0.2) is 20.9 Å². The molecule has 2 aromatic rings. The molecule has 1 aromatic heterocycles. The third kappa shape index (κ3) is 1.87. The summed E-state index contributed by atoms with van der Waals surface area (Å²) in [7, 11) is 0. The fraction of sp³-hybridized carbons (Fsp3) is 0. The smallest absolute Gasteiger partial charge is 0.273 e. The number of primary amides is 1. The van der Waals surface area contributed by atoms with E-state index >= 15 is 0 Å². The summed E-state index contributed by atoms with van der Waals surface area (Å²) in [6.07, 6.45) is 0. The maximum atomic E-state index is 11.0. The van der Waals surface area contributed by atoms with Gasteiger partial charge in [0, 0.05) is 0 Å². The Bertz CT molecular complexity index is 573. The molecule has 1 aromatic carbocycles. The van der Waals surface area contributed by atoms with Crippen LogP contribution in [0.5, 0.6) is 0 Å². The molecule has 0 radical (unpaired) electrons. The molecule has 0 saturated carbocycles. The molecule has 86 valence electrons. The first-order valence-electron chi connectivity index (χ1n) is 4.87. The van der Waals surface area contributed by atoms with Gasteiger partial charge in [0.1, 0.15) is 0 Å². The van der Waals surface area contributed by atoms with Crippen LogP contribution in [0.3, 0.4) is 0 Å². The topological polar surface area (TPSA) is 99.8 Å². The molecule has 0 atom stereocenters. The van der Waals surface area contributed by atoms with Crippen molar-refractivity contribution in [2.24, 2.45) is 5.73 Å². The molecule has 4 N–H and O–H groups in total. The number of rotatable bonds is 3. The number of aromatic nitrogens is 3. The van der Waals surface area contributed by atoms with Gasteiger partial charge < -0.3 is 11.5 Å². The Labute approximate surface area is 97.5 Å². The van der Waals surface area contributed by atoms with Gasteiger partial charge in [-0.25, -0.2) is 0 Å². The highest BCUT2D eigenvalue weighted by Crippen LogP contribution is 2.18. The van der Waals surface area contributed by atoms with Crippen LogP contribution in [0, 0.1) is 0 Å². The predicted octanol–water partition coefficient (Wildman–Crippen LogP) is 0.478. The van der Waals surface area contributed by atoms with Crippen LogP contribution >= 0.6 is 0 Å². The third-order valence-corrected chi connectivity index (χ3v) is 2.30. The number of nitrogens with zero attached hydrogens (tertiary/aromatic N) is 3. The van der Waals surface area contributed by atoms with E-state index in [-0.39, 0.29) is 11.5 Å². The highest BCUT2D eigenvalue weighted by Gasteiger charge is 2.16. The molecule has 1 heterocycles. The Kier molecular flexibility index (Phi) is 2.61. The van der Waals surface area contributed by atoms with Gasteiger partial charge in [-0.15, -0.1) is 5.10 Å². The molecule has 0 aliphatic rings. The molecule has 0 saturated heterocycles. The third-order valence-electron chi connectivity index (χ3n) is 2.30. The van der Waals surface area contributed by atoms with E-state index in [9.17, 15) is 4.79 Å². The van der Waals surface area contributed by atoms with Gasteiger partial charge in [0.2, 0.25) is 0 Å². The van der Waals surface area contributed by atoms with Crippen molar-refractivity contribution >= 4 is 17.4 Å². The lowest BCUT2D eigenvalue weighted by Crippen LogP contribution is -2.14. The fourth-order valence-electron chi connectivity index (χ4n) is 1.42. The largest absolute Gasteiger partial charge is 0.382 e. The van der Waals surface area contributed by atoms with E-state index in [1.165, 1.54) is 4.68 Å². The van der Waals surface area contributed by atoms with Crippen molar-refractivity contribution in [2.75, 3.05) is 5.73 Å². The van der Waals surface area contributed by atoms with Gasteiger partial charge in [-0.2, -0.15) is 4.68 Å². The second kappa shape index (κ2) is 4.09. The van der Waals surface area contributed by atoms with Crippen molar-refractivity contribution < 1.29 is 4.79 Å². The van der Waals surface area contributed by atoms with E-state index in [2.05, 4.69) is 16.9 Å². The monoisotopic (exact) mass is 229 g/mol. The summed E-state index contributed by atoms with van der Waals surface area (Å²) in [6, 6.07) is 9.32. The maximum absolute atomic E-state index is 11.0. The Balaban J connectivity index is 2.42. The van der Waals surface area contributed by atoms with Crippen LogP contribution in [0.15, 0.2) is 36.9 Å². The molecule has 6 nitrogen and oxygen atoms in total. The van der Waals surface area contributed by atoms with Crippen LogP contribution in [0.2, 0.25) is 0 Å². The quantitative estimate of drug-likeness (QED) is 0.799. The number of nitrogens with two attached hydrogens (primary N) is 2. The normalized spacial score (nSPS) is 10.1. The fourth-order valence-corrected chi connectivity index (χ4v) is 1.42. The SMILES string of the molecule is C=C(c1ccccc1)n1nnc(C(N)=O)c1N. The van der Waals surface area contributed by atoms with Crippen molar-refractivity contribution in [3.63, 3.8) is 0 Å². The van der Waals surface area contributed by atoms with Gasteiger partial charge in [-0.05, 0) is 5.56 Å². The summed E-state index contributed by atoms with van der Waals surface area (Å²) in [4.78, 5) is 11.0. The second-order valence-electron chi connectivity index (χ2n) is 3.41. The zero-order valence-corrected chi connectivity index (χ0v) is 9.00. The van der Waals surface area contributed by atoms with Crippen LogP contribution in [-0.2, 0) is 0 Å². The zero-order chi connectivity index (χ0) is 12.4. The minimum absolute atomic E-state index is 0.0536. The number of carbonyl (C=O) groups excluding carboxylic acids is 1. The average molecular weight is 229 g/mol. The molecule has 0 aliphatic heterocycles. The van der Waals surface area contributed by atoms with Crippen LogP contribution in [0.1, 0.15) is 16.1 Å². The van der Waals surface area contributed by atoms with E-state index in [0.29, 0.717) is 5.70 Å². The van der Waals surface area contributed by atoms with Crippen molar-refractivity contribution in [1.29, 1.82) is 0 Å². The summed E-state index contributed by atoms with van der Waals surface area (Å²) in [6.45, 7) is 3.86. The number of carbonyl (C=O) groups is 1. The summed E-state index contributed by atoms with van der Waals surface area (Å²) >= 11 is 0. The van der Waals surface area contributed by atoms with Crippen LogP contribution in [0.25, 0.3) is 5.70 Å². The number of hydrogen-bond donors (Lipinski definition) is 2. The predicted molar refractivity (Wildman–Crippen MR) is 63.8 cm³/mol. The van der Waals surface area contributed by atoms with Crippen molar-refractivity contribution in [3.05, 3.63) is 48.2 Å². The molecule has 17 heavy (non-hydrogen) atoms. The minimum atomic E-state index is -0.713. The first-order chi connectivity index (χ1) is 8.11. The van der Waals surface area contributed by atoms with E-state index in [0.717, 1.165) is 5.56 Å². The van der Waals surface area contributed by atoms with E-state index in [1.807, 2.05) is 30.3 Å². The molecule has 0 unspecified atom stereocenters. The highest BCUT2D eigenvalue weighted by molar-refractivity contribution is 5.95. The van der Waals surface area contributed by atoms with Gasteiger partial charge in [0.15, 0.2) is 11.5 Å². The van der Waals surface area contributed by atoms with Crippen molar-refractivity contribution in [1.82, 2.24) is 15.0 Å². The first kappa shape index (κ1) is 10.9. The Morgan fingerprint density at radius 3 is 2.47 bits per heavy atom. The van der Waals surface area contributed by atoms with Crippen molar-refractivity contribution in [3.8, 4) is 0 Å². The Morgan fingerprint density at radius 1 is 1.29 bits per heavy atom. The standard InChI is InChI=1S/C11H11N5O/c1-7(8-5-3-2-4-6-8)16-10(12)9(11(13)17)14-15-16/h2-6H,1,12H2,(H2,13,17). The molecule has 0 bridgehead atoms. The molecule has 2 rings (SSSR count). The molecule has 0 aliphatic carbocycles. The molecule has 1 amide bonds. The molecular weight excluding hydrogens is 218 g/mol. The molecule has 0 fully saturated rings. The second-order valence-corrected chi connectivity index (χ2v) is 3.41. The number of hydrogen-bond acceptors (Lipinski definition) is 4. The maximum Gasteiger partial charge on any atom is 0.273 e. The summed E-state index contributed by atoms with van der Waals surface area (Å²) < 4.78 is 1.29. The van der Waals surface area contributed by atoms with Crippen molar-refractivity contribution in [2.45, 2.75) is 0 Å². The lowest BCUT2D eigenvalue weighted by Gasteiger charge is -2.06. The first-order valence-corrected chi connectivity index (χ1v) is 4.87. The van der Waals surface area contributed by atoms with Gasteiger partial charge >= 0.3 is 0 Å². The number of benzene rings is 1.